The summed E-state index contributed by atoms with van der Waals surface area (Å²) in [7, 11) is 1.26. The molecule has 0 saturated carbocycles. The number of aliphatic carboxylic acids is 1. The number of aliphatic hydroxyl groups excluding tert-OH is 2. The number of carbonyl (C=O) groups is 4. The summed E-state index contributed by atoms with van der Waals surface area (Å²) in [6.45, 7) is 15.8. The number of rotatable bonds is 5. The minimum atomic E-state index is -1.07. The molecule has 0 aliphatic carbocycles. The van der Waals surface area contributed by atoms with Gasteiger partial charge in [0.25, 0.3) is 12.5 Å². The van der Waals surface area contributed by atoms with Gasteiger partial charge in [0, 0.05) is 19.0 Å². The smallest absolute Gasteiger partial charge is 0.386 e. The minimum absolute atomic E-state index is 0. The van der Waals surface area contributed by atoms with Gasteiger partial charge in [-0.05, 0) is 19.8 Å². The summed E-state index contributed by atoms with van der Waals surface area (Å²) in [5.74, 6) is 6.79. The molecule has 0 spiro atoms. The topological polar surface area (TPSA) is 255 Å². The van der Waals surface area contributed by atoms with Gasteiger partial charge in [0.2, 0.25) is 0 Å². The van der Waals surface area contributed by atoms with E-state index in [1.807, 2.05) is 5.92 Å². The van der Waals surface area contributed by atoms with Crippen molar-refractivity contribution in [3.05, 3.63) is 22.8 Å². The van der Waals surface area contributed by atoms with Gasteiger partial charge in [0.1, 0.15) is 0 Å². The van der Waals surface area contributed by atoms with Crippen LogP contribution in [-0.4, -0.2) is 86.0 Å². The fraction of sp³-hybridized carbons (Fsp3) is 0.524. The third-order valence-corrected chi connectivity index (χ3v) is 1.66. The van der Waals surface area contributed by atoms with Crippen LogP contribution in [0.3, 0.4) is 0 Å². The fourth-order valence-corrected chi connectivity index (χ4v) is 0.618. The zero-order valence-corrected chi connectivity index (χ0v) is 19.1. The molecule has 35 heavy (non-hydrogen) atoms. The van der Waals surface area contributed by atoms with Crippen molar-refractivity contribution < 1.29 is 39.2 Å². The van der Waals surface area contributed by atoms with E-state index in [-0.39, 0.29) is 65.9 Å². The highest BCUT2D eigenvalue weighted by Crippen LogP contribution is 1.71. The maximum atomic E-state index is 10.4. The number of amides is 1. The van der Waals surface area contributed by atoms with E-state index < -0.39 is 11.9 Å². The molecular weight excluding hydrogens is 464 g/mol. The normalized spacial score (nSPS) is 5.83. The van der Waals surface area contributed by atoms with E-state index >= 15 is 0 Å². The summed E-state index contributed by atoms with van der Waals surface area (Å²) in [5, 5.41) is 26.0. The Morgan fingerprint density at radius 2 is 1.49 bits per heavy atom. The van der Waals surface area contributed by atoms with E-state index in [1.165, 1.54) is 14.0 Å². The summed E-state index contributed by atoms with van der Waals surface area (Å²) < 4.78 is 4.14. The molecule has 0 saturated heterocycles. The number of hydrogen-bond acceptors (Lipinski definition) is 10. The summed E-state index contributed by atoms with van der Waals surface area (Å²) >= 11 is 0. The van der Waals surface area contributed by atoms with Crippen LogP contribution in [0.2, 0.25) is 0 Å². The van der Waals surface area contributed by atoms with Crippen LogP contribution in [-0.2, 0) is 23.9 Å². The Hall–Kier alpha value is -4.02. The number of carboxylic acid groups (broad SMARTS) is 1. The standard InChI is InChI=1S/C5H8N2O2.C4H5NO2.C4H4O2.C4H4O.C2H7NO.2CH4.2H3N/c1-6-4-5(9)7-2-3-8;1-5-3-4(6)7-2;1-2-3-4(5)6;1-2-3-4-5;3-1-2-4;;;;/h8H,2-4H2,(H,7,9);3H2,2H3;1H3,(H,5,6);4H,1H3;4H,1-3H2;2*1H4;2*1H3. The van der Waals surface area contributed by atoms with Crippen LogP contribution in [0, 0.1) is 36.8 Å². The van der Waals surface area contributed by atoms with Crippen LogP contribution in [0.15, 0.2) is 0 Å². The Kier molecular flexibility index (Phi) is 104. The van der Waals surface area contributed by atoms with Crippen molar-refractivity contribution in [1.29, 1.82) is 0 Å². The molecule has 0 aliphatic rings. The van der Waals surface area contributed by atoms with E-state index in [0.29, 0.717) is 12.8 Å². The SMILES string of the molecule is C.C.CC#CC(=O)O.CC#CC=O.N.N.NCCO.[C-]#[N+]CC(=O)NCCO.[C-]#[N+]CC(=O)OC. The van der Waals surface area contributed by atoms with Crippen molar-refractivity contribution in [1.82, 2.24) is 17.6 Å². The van der Waals surface area contributed by atoms with E-state index in [9.17, 15) is 19.2 Å². The Balaban J connectivity index is -0.0000000343. The Bertz CT molecular complexity index is 678. The highest BCUT2D eigenvalue weighted by Gasteiger charge is 1.99. The fourth-order valence-electron chi connectivity index (χ4n) is 0.618. The molecule has 1 amide bonds. The van der Waals surface area contributed by atoms with Gasteiger partial charge in [-0.2, -0.15) is 0 Å². The van der Waals surface area contributed by atoms with Crippen molar-refractivity contribution in [2.75, 3.05) is 46.5 Å². The van der Waals surface area contributed by atoms with Crippen molar-refractivity contribution in [3.63, 3.8) is 0 Å². The van der Waals surface area contributed by atoms with Crippen molar-refractivity contribution >= 4 is 24.1 Å². The number of carbonyl (C=O) groups excluding carboxylic acids is 3. The molecule has 14 nitrogen and oxygen atoms in total. The van der Waals surface area contributed by atoms with Crippen LogP contribution in [0.25, 0.3) is 9.69 Å². The van der Waals surface area contributed by atoms with Gasteiger partial charge in [-0.25, -0.2) is 22.7 Å². The van der Waals surface area contributed by atoms with E-state index in [0.717, 1.165) is 0 Å². The number of nitrogens with one attached hydrogen (secondary N) is 1. The molecule has 0 unspecified atom stereocenters. The van der Waals surface area contributed by atoms with E-state index in [4.69, 9.17) is 34.2 Å². The summed E-state index contributed by atoms with van der Waals surface area (Å²) in [5.41, 5.74) is 4.78. The summed E-state index contributed by atoms with van der Waals surface area (Å²) in [4.78, 5) is 44.6. The van der Waals surface area contributed by atoms with Gasteiger partial charge in [0.15, 0.2) is 6.29 Å². The van der Waals surface area contributed by atoms with Crippen LogP contribution < -0.4 is 23.4 Å². The number of nitrogens with two attached hydrogens (primary N) is 1. The number of aldehydes is 1. The average molecular weight is 507 g/mol. The number of hydrogen-bond donors (Lipinski definition) is 7. The maximum absolute atomic E-state index is 10.4. The highest BCUT2D eigenvalue weighted by molar-refractivity contribution is 5.86. The monoisotopic (exact) mass is 506 g/mol. The number of aliphatic hydroxyl groups is 2. The second kappa shape index (κ2) is 63.1. The molecule has 14 heteroatoms. The number of nitrogens with zero attached hydrogens (tertiary/aromatic N) is 2. The third kappa shape index (κ3) is 120. The first kappa shape index (κ1) is 57.6. The van der Waals surface area contributed by atoms with Crippen molar-refractivity contribution in [2.24, 2.45) is 5.73 Å². The zero-order chi connectivity index (χ0) is 25.3. The van der Waals surface area contributed by atoms with Crippen molar-refractivity contribution in [2.45, 2.75) is 28.7 Å². The second-order valence-electron chi connectivity index (χ2n) is 3.99. The minimum Gasteiger partial charge on any atom is -0.472 e. The molecule has 204 valence electrons. The molecule has 0 radical (unpaired) electrons. The molecule has 0 heterocycles. The summed E-state index contributed by atoms with van der Waals surface area (Å²) in [6, 6.07) is 0. The van der Waals surface area contributed by atoms with E-state index in [1.54, 1.807) is 6.92 Å². The quantitative estimate of drug-likeness (QED) is 0.112. The number of methoxy groups -OCH3 is 1. The Morgan fingerprint density at radius 1 is 1.03 bits per heavy atom. The third-order valence-electron chi connectivity index (χ3n) is 1.66. The highest BCUT2D eigenvalue weighted by atomic mass is 16.5. The molecular formula is C21H42N6O8. The first-order valence-corrected chi connectivity index (χ1v) is 8.15. The van der Waals surface area contributed by atoms with Crippen LogP contribution in [0.4, 0.5) is 0 Å². The molecule has 12 N–H and O–H groups in total. The maximum Gasteiger partial charge on any atom is 0.386 e. The largest absolute Gasteiger partial charge is 0.472 e. The predicted molar refractivity (Wildman–Crippen MR) is 135 cm³/mol. The first-order chi connectivity index (χ1) is 14.7. The van der Waals surface area contributed by atoms with Crippen molar-refractivity contribution in [3.8, 4) is 23.7 Å². The van der Waals surface area contributed by atoms with Gasteiger partial charge in [-0.15, -0.1) is 0 Å². The van der Waals surface area contributed by atoms with Crippen LogP contribution >= 0.6 is 0 Å². The molecule has 0 bridgehead atoms. The molecule has 0 aromatic carbocycles. The number of ether oxygens (including phenoxy) is 1. The van der Waals surface area contributed by atoms with Gasteiger partial charge in [0.05, 0.1) is 20.3 Å². The average Bonchev–Trinajstić information content (AvgIpc) is 2.74. The Morgan fingerprint density at radius 3 is 1.63 bits per heavy atom. The molecule has 0 atom stereocenters. The number of carboxylic acids is 1. The molecule has 0 fully saturated rings. The molecule has 0 aromatic heterocycles. The second-order valence-corrected chi connectivity index (χ2v) is 3.99. The van der Waals surface area contributed by atoms with Gasteiger partial charge in [-0.1, -0.05) is 26.7 Å². The lowest BCUT2D eigenvalue weighted by Gasteiger charge is -1.94. The van der Waals surface area contributed by atoms with Gasteiger partial charge in [-0.3, -0.25) is 9.59 Å². The van der Waals surface area contributed by atoms with Gasteiger partial charge < -0.3 is 53.1 Å². The predicted octanol–water partition coefficient (Wildman–Crippen LogP) is -0.0706. The number of esters is 1. The first-order valence-electron chi connectivity index (χ1n) is 8.15. The summed E-state index contributed by atoms with van der Waals surface area (Å²) in [6.07, 6.45) is 0.569. The zero-order valence-electron chi connectivity index (χ0n) is 19.1. The lowest BCUT2D eigenvalue weighted by atomic mass is 10.5. The Labute approximate surface area is 209 Å². The van der Waals surface area contributed by atoms with Gasteiger partial charge >= 0.3 is 18.5 Å². The van der Waals surface area contributed by atoms with Crippen LogP contribution in [0.1, 0.15) is 28.7 Å². The molecule has 0 rings (SSSR count). The van der Waals surface area contributed by atoms with Crippen LogP contribution in [0.5, 0.6) is 0 Å². The molecule has 0 aromatic rings. The lowest BCUT2D eigenvalue weighted by molar-refractivity contribution is -0.138. The van der Waals surface area contributed by atoms with E-state index in [2.05, 4.69) is 37.5 Å². The lowest BCUT2D eigenvalue weighted by Crippen LogP contribution is -2.27. The molecule has 0 aliphatic heterocycles.